The highest BCUT2D eigenvalue weighted by Gasteiger charge is 2.45. The van der Waals surface area contributed by atoms with E-state index in [0.717, 1.165) is 59.2 Å². The van der Waals surface area contributed by atoms with Crippen molar-refractivity contribution in [3.63, 3.8) is 0 Å². The Bertz CT molecular complexity index is 1280. The maximum Gasteiger partial charge on any atom is 0.343 e. The first-order valence-corrected chi connectivity index (χ1v) is 16.2. The molecule has 0 amide bonds. The number of ether oxygens (including phenoxy) is 4. The Kier molecular flexibility index (Phi) is 8.41. The molecule has 13 heteroatoms. The number of halogens is 2. The molecule has 218 valence electrons. The highest BCUT2D eigenvalue weighted by atomic mass is 35.5. The number of alkyl halides is 2. The van der Waals surface area contributed by atoms with Crippen molar-refractivity contribution in [1.82, 2.24) is 14.7 Å². The van der Waals surface area contributed by atoms with Crippen molar-refractivity contribution < 1.29 is 33.1 Å². The molecule has 0 bridgehead atoms. The van der Waals surface area contributed by atoms with E-state index in [1.165, 1.54) is 5.56 Å². The van der Waals surface area contributed by atoms with E-state index in [1.54, 1.807) is 4.67 Å². The highest BCUT2D eigenvalue weighted by Crippen LogP contribution is 2.54. The van der Waals surface area contributed by atoms with Crippen LogP contribution >= 0.6 is 30.9 Å². The lowest BCUT2D eigenvalue weighted by atomic mass is 9.70. The minimum Gasteiger partial charge on any atom is -0.454 e. The topological polar surface area (TPSA) is 102 Å². The van der Waals surface area contributed by atoms with E-state index in [0.29, 0.717) is 37.9 Å². The number of rotatable bonds is 5. The molecule has 0 radical (unpaired) electrons. The molecule has 10 nitrogen and oxygen atoms in total. The Morgan fingerprint density at radius 1 is 1.05 bits per heavy atom. The normalized spacial score (nSPS) is 27.9. The summed E-state index contributed by atoms with van der Waals surface area (Å²) in [7, 11) is -0.743. The summed E-state index contributed by atoms with van der Waals surface area (Å²) in [6.07, 6.45) is 1.03. The molecular weight excluding hydrogens is 580 g/mol. The monoisotopic (exact) mass is 613 g/mol. The van der Waals surface area contributed by atoms with E-state index < -0.39 is 13.8 Å². The largest absolute Gasteiger partial charge is 0.454 e. The van der Waals surface area contributed by atoms with Crippen LogP contribution in [0.1, 0.15) is 40.6 Å². The van der Waals surface area contributed by atoms with Gasteiger partial charge in [0, 0.05) is 55.5 Å². The smallest absolute Gasteiger partial charge is 0.343 e. The molecular formula is C27H34Cl2N3O7P. The van der Waals surface area contributed by atoms with Crippen LogP contribution < -0.4 is 24.0 Å². The number of hydrogen-bond donors (Lipinski definition) is 2. The minimum atomic E-state index is -2.84. The molecule has 0 spiro atoms. The van der Waals surface area contributed by atoms with Gasteiger partial charge in [0.15, 0.2) is 23.0 Å². The lowest BCUT2D eigenvalue weighted by Gasteiger charge is -2.46. The minimum absolute atomic E-state index is 0.00822. The van der Waals surface area contributed by atoms with Crippen molar-refractivity contribution in [2.24, 2.45) is 0 Å². The Balaban J connectivity index is 0.000000177. The fraction of sp³-hybridized carbons (Fsp3) is 0.556. The number of aliphatic hydroxyl groups excluding tert-OH is 1. The van der Waals surface area contributed by atoms with Crippen LogP contribution in [0.5, 0.6) is 23.0 Å². The molecule has 1 saturated heterocycles. The molecule has 4 aliphatic heterocycles. The van der Waals surface area contributed by atoms with Gasteiger partial charge in [-0.1, -0.05) is 6.07 Å². The average Bonchev–Trinajstić information content (AvgIpc) is 3.62. The SMILES string of the molecule is CN1Cc2c(ccc3c2OCO3)[C@@H]2[C@H]1c1cc3c(cc1C[C@@H]2O)OCO3.O=P1(N(CCCl)CCCl)NCCCO1. The molecule has 1 fully saturated rings. The highest BCUT2D eigenvalue weighted by molar-refractivity contribution is 7.54. The van der Waals surface area contributed by atoms with Gasteiger partial charge in [-0.15, -0.1) is 23.2 Å². The van der Waals surface area contributed by atoms with Crippen LogP contribution in [0, 0.1) is 0 Å². The second-order valence-electron chi connectivity index (χ2n) is 10.4. The summed E-state index contributed by atoms with van der Waals surface area (Å²) < 4.78 is 41.6. The number of aliphatic hydroxyl groups is 1. The van der Waals surface area contributed by atoms with Gasteiger partial charge < -0.3 is 28.6 Å². The van der Waals surface area contributed by atoms with Gasteiger partial charge in [0.1, 0.15) is 0 Å². The number of hydrogen-bond acceptors (Lipinski definition) is 8. The van der Waals surface area contributed by atoms with Gasteiger partial charge in [0.2, 0.25) is 13.6 Å². The van der Waals surface area contributed by atoms with Gasteiger partial charge in [-0.2, -0.15) is 0 Å². The zero-order valence-electron chi connectivity index (χ0n) is 22.3. The van der Waals surface area contributed by atoms with Gasteiger partial charge in [-0.25, -0.2) is 9.76 Å². The van der Waals surface area contributed by atoms with E-state index in [2.05, 4.69) is 29.2 Å². The predicted octanol–water partition coefficient (Wildman–Crippen LogP) is 4.22. The van der Waals surface area contributed by atoms with Gasteiger partial charge in [-0.05, 0) is 54.8 Å². The first-order valence-electron chi connectivity index (χ1n) is 13.5. The summed E-state index contributed by atoms with van der Waals surface area (Å²) in [6.45, 7) is 3.58. The van der Waals surface area contributed by atoms with Crippen molar-refractivity contribution >= 4 is 30.9 Å². The maximum absolute atomic E-state index is 12.2. The van der Waals surface area contributed by atoms with E-state index in [9.17, 15) is 9.67 Å². The van der Waals surface area contributed by atoms with Crippen molar-refractivity contribution in [2.45, 2.75) is 37.5 Å². The number of fused-ring (bicyclic) bond motifs is 8. The van der Waals surface area contributed by atoms with Gasteiger partial charge in [0.25, 0.3) is 0 Å². The second kappa shape index (κ2) is 11.9. The molecule has 4 atom stereocenters. The Morgan fingerprint density at radius 3 is 2.50 bits per heavy atom. The van der Waals surface area contributed by atoms with Crippen molar-refractivity contribution in [3.8, 4) is 23.0 Å². The quantitative estimate of drug-likeness (QED) is 0.376. The lowest BCUT2D eigenvalue weighted by Crippen LogP contribution is -2.43. The molecule has 1 unspecified atom stereocenters. The van der Waals surface area contributed by atoms with Crippen molar-refractivity contribution in [3.05, 3.63) is 46.5 Å². The predicted molar refractivity (Wildman–Crippen MR) is 151 cm³/mol. The van der Waals surface area contributed by atoms with Gasteiger partial charge in [-0.3, -0.25) is 9.46 Å². The lowest BCUT2D eigenvalue weighted by molar-refractivity contribution is 0.0591. The van der Waals surface area contributed by atoms with E-state index >= 15 is 0 Å². The molecule has 5 aliphatic rings. The van der Waals surface area contributed by atoms with Gasteiger partial charge in [0.05, 0.1) is 12.7 Å². The molecule has 0 saturated carbocycles. The summed E-state index contributed by atoms with van der Waals surface area (Å²) in [5.74, 6) is 4.03. The van der Waals surface area contributed by atoms with Crippen LogP contribution in [0.15, 0.2) is 24.3 Å². The van der Waals surface area contributed by atoms with E-state index in [-0.39, 0.29) is 25.5 Å². The third-order valence-electron chi connectivity index (χ3n) is 8.01. The van der Waals surface area contributed by atoms with Crippen LogP contribution in [-0.2, 0) is 22.1 Å². The third-order valence-corrected chi connectivity index (χ3v) is 10.7. The third kappa shape index (κ3) is 5.18. The maximum atomic E-state index is 12.2. The number of nitrogens with one attached hydrogen (secondary N) is 1. The molecule has 2 aromatic rings. The molecule has 2 N–H and O–H groups in total. The van der Waals surface area contributed by atoms with E-state index in [1.807, 2.05) is 12.1 Å². The van der Waals surface area contributed by atoms with Crippen LogP contribution in [-0.4, -0.2) is 79.4 Å². The Hall–Kier alpha value is -1.75. The van der Waals surface area contributed by atoms with Gasteiger partial charge >= 0.3 is 7.67 Å². The molecule has 40 heavy (non-hydrogen) atoms. The van der Waals surface area contributed by atoms with Crippen LogP contribution in [0.4, 0.5) is 0 Å². The van der Waals surface area contributed by atoms with Crippen LogP contribution in [0.3, 0.4) is 0 Å². The standard InChI is InChI=1S/C20H19NO5.C7H15Cl2N2O2P/c1-21-7-13-11(2-3-15-20(13)26-9-23-15)18-14(22)4-10-5-16-17(25-8-24-16)6-12(10)19(18)21;8-2-5-11(6-3-9)14(12)10-4-1-7-13-14/h2-3,5-6,14,18-19,22H,4,7-9H2,1H3;1-7H2,(H,10,12)/t14-,18-,19+;/m0./s1. The molecule has 0 aromatic heterocycles. The summed E-state index contributed by atoms with van der Waals surface area (Å²) in [6, 6.07) is 8.27. The fourth-order valence-electron chi connectivity index (χ4n) is 6.24. The number of benzene rings is 2. The first kappa shape index (κ1) is 28.4. The van der Waals surface area contributed by atoms with E-state index in [4.69, 9.17) is 46.7 Å². The summed E-state index contributed by atoms with van der Waals surface area (Å²) >= 11 is 11.2. The summed E-state index contributed by atoms with van der Waals surface area (Å²) in [4.78, 5) is 2.29. The van der Waals surface area contributed by atoms with Crippen LogP contribution in [0.2, 0.25) is 0 Å². The molecule has 1 aliphatic carbocycles. The fourth-order valence-corrected chi connectivity index (χ4v) is 8.89. The second-order valence-corrected chi connectivity index (χ2v) is 13.3. The molecule has 7 rings (SSSR count). The van der Waals surface area contributed by atoms with Crippen LogP contribution in [0.25, 0.3) is 0 Å². The Labute approximate surface area is 243 Å². The van der Waals surface area contributed by atoms with Crippen molar-refractivity contribution in [1.29, 1.82) is 0 Å². The Morgan fingerprint density at radius 2 is 1.77 bits per heavy atom. The first-order chi connectivity index (χ1) is 19.4. The number of likely N-dealkylation sites (N-methyl/N-ethyl adjacent to an activating group) is 1. The zero-order valence-corrected chi connectivity index (χ0v) is 24.7. The zero-order chi connectivity index (χ0) is 27.9. The summed E-state index contributed by atoms with van der Waals surface area (Å²) in [5, 5.41) is 13.9. The van der Waals surface area contributed by atoms with Crippen molar-refractivity contribution in [2.75, 3.05) is 58.6 Å². The molecule has 4 heterocycles. The average molecular weight is 614 g/mol. The summed E-state index contributed by atoms with van der Waals surface area (Å²) in [5.41, 5.74) is 4.65. The molecule has 2 aromatic carbocycles. The number of nitrogens with zero attached hydrogens (tertiary/aromatic N) is 2.